The summed E-state index contributed by atoms with van der Waals surface area (Å²) in [6, 6.07) is 4.59. The Morgan fingerprint density at radius 1 is 1.50 bits per heavy atom. The third-order valence-electron chi connectivity index (χ3n) is 2.86. The Kier molecular flexibility index (Phi) is 3.68. The minimum Gasteiger partial charge on any atom is -0.388 e. The number of hydrogen-bond donors (Lipinski definition) is 1. The summed E-state index contributed by atoms with van der Waals surface area (Å²) in [7, 11) is 1.79. The van der Waals surface area contributed by atoms with Gasteiger partial charge in [0.05, 0.1) is 16.8 Å². The molecule has 1 unspecified atom stereocenters. The molecule has 0 aliphatic carbocycles. The van der Waals surface area contributed by atoms with Crippen molar-refractivity contribution in [2.24, 2.45) is 7.05 Å². The van der Waals surface area contributed by atoms with E-state index >= 15 is 0 Å². The average molecular weight is 269 g/mol. The van der Waals surface area contributed by atoms with Gasteiger partial charge in [0.15, 0.2) is 0 Å². The van der Waals surface area contributed by atoms with E-state index in [-0.39, 0.29) is 11.4 Å². The van der Waals surface area contributed by atoms with E-state index in [4.69, 9.17) is 11.6 Å². The molecule has 0 aliphatic rings. The Balaban J connectivity index is 2.24. The average Bonchev–Trinajstić information content (AvgIpc) is 2.64. The molecular weight excluding hydrogens is 255 g/mol. The van der Waals surface area contributed by atoms with Gasteiger partial charge < -0.3 is 5.11 Å². The van der Waals surface area contributed by atoms with E-state index in [0.29, 0.717) is 5.56 Å². The van der Waals surface area contributed by atoms with Gasteiger partial charge in [0, 0.05) is 25.2 Å². The molecule has 0 aliphatic heterocycles. The highest BCUT2D eigenvalue weighted by Gasteiger charge is 2.16. The van der Waals surface area contributed by atoms with Crippen LogP contribution in [0, 0.1) is 12.7 Å². The number of aryl methyl sites for hydroxylation is 2. The van der Waals surface area contributed by atoms with Gasteiger partial charge in [-0.25, -0.2) is 4.39 Å². The Labute approximate surface area is 110 Å². The van der Waals surface area contributed by atoms with Crippen molar-refractivity contribution in [2.45, 2.75) is 19.4 Å². The number of nitrogens with zero attached hydrogens (tertiary/aromatic N) is 2. The zero-order chi connectivity index (χ0) is 13.3. The molecule has 1 atom stereocenters. The Bertz CT molecular complexity index is 568. The number of aliphatic hydroxyl groups is 1. The number of aromatic nitrogens is 2. The van der Waals surface area contributed by atoms with Crippen LogP contribution in [0.15, 0.2) is 24.4 Å². The first-order chi connectivity index (χ1) is 8.49. The van der Waals surface area contributed by atoms with Crippen molar-refractivity contribution >= 4 is 11.6 Å². The van der Waals surface area contributed by atoms with Crippen molar-refractivity contribution in [3.63, 3.8) is 0 Å². The molecular formula is C13H14ClFN2O. The van der Waals surface area contributed by atoms with Gasteiger partial charge in [-0.2, -0.15) is 5.10 Å². The van der Waals surface area contributed by atoms with Crippen LogP contribution in [0.25, 0.3) is 0 Å². The topological polar surface area (TPSA) is 38.0 Å². The van der Waals surface area contributed by atoms with Gasteiger partial charge in [0.25, 0.3) is 0 Å². The highest BCUT2D eigenvalue weighted by atomic mass is 35.5. The van der Waals surface area contributed by atoms with Gasteiger partial charge in [0.1, 0.15) is 5.82 Å². The molecule has 1 N–H and O–H groups in total. The number of rotatable bonds is 3. The van der Waals surface area contributed by atoms with Gasteiger partial charge >= 0.3 is 0 Å². The first-order valence-electron chi connectivity index (χ1n) is 5.60. The van der Waals surface area contributed by atoms with Gasteiger partial charge in [-0.15, -0.1) is 0 Å². The lowest BCUT2D eigenvalue weighted by molar-refractivity contribution is 0.177. The highest BCUT2D eigenvalue weighted by Crippen LogP contribution is 2.26. The van der Waals surface area contributed by atoms with Crippen molar-refractivity contribution in [3.8, 4) is 0 Å². The summed E-state index contributed by atoms with van der Waals surface area (Å²) in [6.45, 7) is 1.83. The second-order valence-corrected chi connectivity index (χ2v) is 4.65. The number of benzene rings is 1. The van der Waals surface area contributed by atoms with Crippen LogP contribution in [0.2, 0.25) is 5.02 Å². The fraction of sp³-hybridized carbons (Fsp3) is 0.308. The summed E-state index contributed by atoms with van der Waals surface area (Å²) in [4.78, 5) is 0. The maximum Gasteiger partial charge on any atom is 0.142 e. The van der Waals surface area contributed by atoms with Crippen molar-refractivity contribution in [3.05, 3.63) is 52.1 Å². The predicted octanol–water partition coefficient (Wildman–Crippen LogP) is 2.80. The van der Waals surface area contributed by atoms with Crippen LogP contribution in [0.1, 0.15) is 22.9 Å². The molecule has 0 fully saturated rings. The monoisotopic (exact) mass is 268 g/mol. The third-order valence-corrected chi connectivity index (χ3v) is 3.28. The first-order valence-corrected chi connectivity index (χ1v) is 5.98. The van der Waals surface area contributed by atoms with Crippen molar-refractivity contribution < 1.29 is 9.50 Å². The van der Waals surface area contributed by atoms with Gasteiger partial charge in [-0.3, -0.25) is 4.68 Å². The van der Waals surface area contributed by atoms with Crippen molar-refractivity contribution in [1.82, 2.24) is 9.78 Å². The molecule has 96 valence electrons. The second kappa shape index (κ2) is 5.08. The molecule has 0 spiro atoms. The van der Waals surface area contributed by atoms with Crippen LogP contribution in [-0.2, 0) is 13.5 Å². The predicted molar refractivity (Wildman–Crippen MR) is 68.0 cm³/mol. The number of hydrogen-bond acceptors (Lipinski definition) is 2. The van der Waals surface area contributed by atoms with E-state index in [1.54, 1.807) is 30.1 Å². The van der Waals surface area contributed by atoms with Gasteiger partial charge in [-0.05, 0) is 18.6 Å². The molecule has 1 aromatic carbocycles. The zero-order valence-electron chi connectivity index (χ0n) is 10.2. The van der Waals surface area contributed by atoms with Crippen LogP contribution in [-0.4, -0.2) is 14.9 Å². The van der Waals surface area contributed by atoms with Gasteiger partial charge in [0.2, 0.25) is 0 Å². The van der Waals surface area contributed by atoms with E-state index in [1.807, 2.05) is 6.92 Å². The van der Waals surface area contributed by atoms with Crippen LogP contribution >= 0.6 is 11.6 Å². The first kappa shape index (κ1) is 13.1. The van der Waals surface area contributed by atoms with E-state index in [9.17, 15) is 9.50 Å². The lowest BCUT2D eigenvalue weighted by atomic mass is 10.0. The summed E-state index contributed by atoms with van der Waals surface area (Å²) >= 11 is 5.86. The minimum absolute atomic E-state index is 0.0677. The summed E-state index contributed by atoms with van der Waals surface area (Å²) in [5.74, 6) is -0.468. The Morgan fingerprint density at radius 3 is 2.83 bits per heavy atom. The number of aliphatic hydroxyl groups excluding tert-OH is 1. The van der Waals surface area contributed by atoms with E-state index < -0.39 is 11.9 Å². The molecule has 0 radical (unpaired) electrons. The summed E-state index contributed by atoms with van der Waals surface area (Å²) < 4.78 is 14.9. The van der Waals surface area contributed by atoms with E-state index in [2.05, 4.69) is 5.10 Å². The van der Waals surface area contributed by atoms with E-state index in [1.165, 1.54) is 6.07 Å². The maximum absolute atomic E-state index is 13.3. The normalized spacial score (nSPS) is 12.7. The fourth-order valence-electron chi connectivity index (χ4n) is 1.97. The standard InChI is InChI=1S/C13H14ClFN2O/c1-8-10(7-17(2)16-8)12(18)6-9-4-3-5-11(15)13(9)14/h3-5,7,12,18H,6H2,1-2H3. The van der Waals surface area contributed by atoms with Crippen LogP contribution in [0.5, 0.6) is 0 Å². The molecule has 1 heterocycles. The van der Waals surface area contributed by atoms with E-state index in [0.717, 1.165) is 11.3 Å². The fourth-order valence-corrected chi connectivity index (χ4v) is 2.17. The third kappa shape index (κ3) is 2.54. The smallest absolute Gasteiger partial charge is 0.142 e. The highest BCUT2D eigenvalue weighted by molar-refractivity contribution is 6.31. The molecule has 2 aromatic rings. The molecule has 2 rings (SSSR count). The lowest BCUT2D eigenvalue weighted by Gasteiger charge is -2.11. The molecule has 0 amide bonds. The second-order valence-electron chi connectivity index (χ2n) is 4.28. The van der Waals surface area contributed by atoms with Crippen LogP contribution in [0.4, 0.5) is 4.39 Å². The largest absolute Gasteiger partial charge is 0.388 e. The molecule has 0 bridgehead atoms. The maximum atomic E-state index is 13.3. The van der Waals surface area contributed by atoms with Crippen LogP contribution < -0.4 is 0 Å². The molecule has 3 nitrogen and oxygen atoms in total. The summed E-state index contributed by atoms with van der Waals surface area (Å²) in [5.41, 5.74) is 2.09. The molecule has 0 saturated carbocycles. The summed E-state index contributed by atoms with van der Waals surface area (Å²) in [5, 5.41) is 14.4. The molecule has 5 heteroatoms. The molecule has 0 saturated heterocycles. The quantitative estimate of drug-likeness (QED) is 0.930. The van der Waals surface area contributed by atoms with Gasteiger partial charge in [-0.1, -0.05) is 23.7 Å². The van der Waals surface area contributed by atoms with Crippen molar-refractivity contribution in [2.75, 3.05) is 0 Å². The number of halogens is 2. The van der Waals surface area contributed by atoms with Crippen LogP contribution in [0.3, 0.4) is 0 Å². The Morgan fingerprint density at radius 2 is 2.22 bits per heavy atom. The van der Waals surface area contributed by atoms with Crippen molar-refractivity contribution in [1.29, 1.82) is 0 Å². The minimum atomic E-state index is -0.738. The molecule has 18 heavy (non-hydrogen) atoms. The lowest BCUT2D eigenvalue weighted by Crippen LogP contribution is -2.03. The molecule has 1 aromatic heterocycles. The summed E-state index contributed by atoms with van der Waals surface area (Å²) in [6.07, 6.45) is 1.29. The SMILES string of the molecule is Cc1nn(C)cc1C(O)Cc1cccc(F)c1Cl. The zero-order valence-corrected chi connectivity index (χ0v) is 10.9. The Hall–Kier alpha value is -1.39.